The van der Waals surface area contributed by atoms with Gasteiger partial charge in [0.25, 0.3) is 5.91 Å². The summed E-state index contributed by atoms with van der Waals surface area (Å²) >= 11 is 1.35. The van der Waals surface area contributed by atoms with Crippen LogP contribution in [0.25, 0.3) is 21.5 Å². The third kappa shape index (κ3) is 5.35. The summed E-state index contributed by atoms with van der Waals surface area (Å²) < 4.78 is 19.2. The summed E-state index contributed by atoms with van der Waals surface area (Å²) in [5.41, 5.74) is 2.65. The molecule has 0 aliphatic heterocycles. The van der Waals surface area contributed by atoms with Crippen LogP contribution in [-0.2, 0) is 4.79 Å². The second kappa shape index (κ2) is 9.37. The van der Waals surface area contributed by atoms with Crippen molar-refractivity contribution in [3.8, 4) is 11.3 Å². The molecule has 0 fully saturated rings. The molecule has 4 aromatic rings. The number of halogens is 1. The monoisotopic (exact) mass is 468 g/mol. The van der Waals surface area contributed by atoms with Gasteiger partial charge in [-0.05, 0) is 42.7 Å². The van der Waals surface area contributed by atoms with Crippen LogP contribution in [0.4, 0.5) is 15.2 Å². The zero-order valence-corrected chi connectivity index (χ0v) is 18.6. The van der Waals surface area contributed by atoms with Crippen LogP contribution in [-0.4, -0.2) is 33.2 Å². The van der Waals surface area contributed by atoms with Gasteiger partial charge in [0.15, 0.2) is 5.13 Å². The van der Waals surface area contributed by atoms with Crippen LogP contribution in [0.2, 0.25) is 0 Å². The van der Waals surface area contributed by atoms with Gasteiger partial charge in [0, 0.05) is 17.3 Å². The molecule has 1 unspecified atom stereocenters. The van der Waals surface area contributed by atoms with Crippen molar-refractivity contribution in [1.82, 2.24) is 15.5 Å². The first-order chi connectivity index (χ1) is 15.8. The lowest BCUT2D eigenvalue weighted by Crippen LogP contribution is -2.41. The first kappa shape index (κ1) is 22.4. The van der Waals surface area contributed by atoms with E-state index in [0.717, 1.165) is 10.4 Å². The maximum absolute atomic E-state index is 13.4. The van der Waals surface area contributed by atoms with E-state index in [0.29, 0.717) is 28.3 Å². The third-order valence-electron chi connectivity index (χ3n) is 4.83. The van der Waals surface area contributed by atoms with Crippen molar-refractivity contribution >= 4 is 44.2 Å². The summed E-state index contributed by atoms with van der Waals surface area (Å²) in [6.45, 7) is 3.76. The minimum absolute atomic E-state index is 0.0658. The summed E-state index contributed by atoms with van der Waals surface area (Å²) in [6.07, 6.45) is 0.306. The molecule has 0 aliphatic carbocycles. The summed E-state index contributed by atoms with van der Waals surface area (Å²) in [7, 11) is 0. The number of rotatable bonds is 8. The summed E-state index contributed by atoms with van der Waals surface area (Å²) in [5, 5.41) is 19.5. The minimum atomic E-state index is -1.10. The Morgan fingerprint density at radius 1 is 1.15 bits per heavy atom. The molecule has 10 heteroatoms. The number of hydrogen-bond acceptors (Lipinski definition) is 7. The number of anilines is 2. The van der Waals surface area contributed by atoms with E-state index in [2.05, 4.69) is 20.8 Å². The van der Waals surface area contributed by atoms with Crippen molar-refractivity contribution in [1.29, 1.82) is 0 Å². The highest BCUT2D eigenvalue weighted by Gasteiger charge is 2.24. The topological polar surface area (TPSA) is 117 Å². The first-order valence-corrected chi connectivity index (χ1v) is 11.0. The Balaban J connectivity index is 1.43. The molecule has 4 rings (SSSR count). The van der Waals surface area contributed by atoms with Crippen LogP contribution in [0.5, 0.6) is 0 Å². The van der Waals surface area contributed by atoms with Gasteiger partial charge in [-0.2, -0.15) is 0 Å². The molecule has 0 spiro atoms. The largest absolute Gasteiger partial charge is 0.480 e. The normalized spacial score (nSPS) is 12.1. The van der Waals surface area contributed by atoms with Gasteiger partial charge in [0.2, 0.25) is 5.76 Å². The van der Waals surface area contributed by atoms with Crippen LogP contribution in [0.15, 0.2) is 53.1 Å². The van der Waals surface area contributed by atoms with Crippen molar-refractivity contribution in [3.05, 3.63) is 60.1 Å². The number of aliphatic carboxylic acids is 1. The highest BCUT2D eigenvalue weighted by atomic mass is 32.1. The van der Waals surface area contributed by atoms with E-state index in [1.165, 1.54) is 29.5 Å². The van der Waals surface area contributed by atoms with E-state index in [4.69, 9.17) is 4.52 Å². The lowest BCUT2D eigenvalue weighted by Gasteiger charge is -2.15. The molecule has 33 heavy (non-hydrogen) atoms. The van der Waals surface area contributed by atoms with Crippen LogP contribution >= 0.6 is 11.3 Å². The first-order valence-electron chi connectivity index (χ1n) is 10.2. The molecule has 8 nitrogen and oxygen atoms in total. The number of aromatic nitrogens is 2. The molecule has 0 bridgehead atoms. The molecule has 0 aliphatic rings. The van der Waals surface area contributed by atoms with Crippen LogP contribution in [0, 0.1) is 11.7 Å². The quantitative estimate of drug-likeness (QED) is 0.331. The van der Waals surface area contributed by atoms with Crippen LogP contribution in [0.3, 0.4) is 0 Å². The fraction of sp³-hybridized carbons (Fsp3) is 0.217. The average molecular weight is 469 g/mol. The van der Waals surface area contributed by atoms with Crippen molar-refractivity contribution in [2.45, 2.75) is 26.3 Å². The molecule has 1 amide bonds. The lowest BCUT2D eigenvalue weighted by atomic mass is 10.0. The van der Waals surface area contributed by atoms with Gasteiger partial charge in [0.05, 0.1) is 10.2 Å². The smallest absolute Gasteiger partial charge is 0.326 e. The number of thiazole rings is 1. The van der Waals surface area contributed by atoms with E-state index >= 15 is 0 Å². The molecule has 0 saturated heterocycles. The average Bonchev–Trinajstić information content (AvgIpc) is 3.40. The van der Waals surface area contributed by atoms with Crippen molar-refractivity contribution in [2.24, 2.45) is 5.92 Å². The van der Waals surface area contributed by atoms with Crippen molar-refractivity contribution in [2.75, 3.05) is 5.32 Å². The van der Waals surface area contributed by atoms with Crippen LogP contribution in [0.1, 0.15) is 30.8 Å². The van der Waals surface area contributed by atoms with E-state index in [1.54, 1.807) is 18.2 Å². The molecular weight excluding hydrogens is 447 g/mol. The van der Waals surface area contributed by atoms with E-state index in [1.807, 2.05) is 26.0 Å². The fourth-order valence-corrected chi connectivity index (χ4v) is 4.15. The number of carbonyl (C=O) groups is 2. The molecule has 0 saturated carbocycles. The Morgan fingerprint density at radius 3 is 2.61 bits per heavy atom. The maximum Gasteiger partial charge on any atom is 0.326 e. The van der Waals surface area contributed by atoms with Crippen molar-refractivity contribution < 1.29 is 23.6 Å². The SMILES string of the molecule is CC(C)CC(NC(=O)c1cc(-c2ccc(Nc3nc4ccc(F)cc4s3)cc2)no1)C(=O)O. The number of benzene rings is 2. The van der Waals surface area contributed by atoms with Crippen LogP contribution < -0.4 is 10.6 Å². The Kier molecular flexibility index (Phi) is 6.36. The number of carboxylic acid groups (broad SMARTS) is 1. The molecule has 2 aromatic heterocycles. The van der Waals surface area contributed by atoms with Gasteiger partial charge < -0.3 is 20.3 Å². The second-order valence-electron chi connectivity index (χ2n) is 7.90. The zero-order chi connectivity index (χ0) is 23.5. The fourth-order valence-electron chi connectivity index (χ4n) is 3.24. The predicted octanol–water partition coefficient (Wildman–Crippen LogP) is 5.06. The summed E-state index contributed by atoms with van der Waals surface area (Å²) in [4.78, 5) is 28.2. The number of nitrogens with one attached hydrogen (secondary N) is 2. The maximum atomic E-state index is 13.4. The number of carbonyl (C=O) groups excluding carboxylic acids is 1. The molecule has 2 heterocycles. The Labute approximate surface area is 192 Å². The highest BCUT2D eigenvalue weighted by Crippen LogP contribution is 2.29. The standard InChI is InChI=1S/C23H21FN4O4S/c1-12(2)9-18(22(30)31)26-21(29)19-11-17(28-32-19)13-3-6-15(7-4-13)25-23-27-16-8-5-14(24)10-20(16)33-23/h3-8,10-12,18H,9H2,1-2H3,(H,25,27)(H,26,29)(H,30,31). The van der Waals surface area contributed by atoms with Gasteiger partial charge in [-0.15, -0.1) is 0 Å². The predicted molar refractivity (Wildman–Crippen MR) is 123 cm³/mol. The van der Waals surface area contributed by atoms with Gasteiger partial charge in [-0.3, -0.25) is 4.79 Å². The zero-order valence-electron chi connectivity index (χ0n) is 17.8. The van der Waals surface area contributed by atoms with E-state index in [9.17, 15) is 19.1 Å². The van der Waals surface area contributed by atoms with Gasteiger partial charge in [-0.25, -0.2) is 14.2 Å². The summed E-state index contributed by atoms with van der Waals surface area (Å²) in [5.74, 6) is -2.00. The molecule has 170 valence electrons. The lowest BCUT2D eigenvalue weighted by molar-refractivity contribution is -0.139. The minimum Gasteiger partial charge on any atom is -0.480 e. The number of hydrogen-bond donors (Lipinski definition) is 3. The molecular formula is C23H21FN4O4S. The molecule has 0 radical (unpaired) electrons. The van der Waals surface area contributed by atoms with E-state index < -0.39 is 17.9 Å². The Bertz CT molecular complexity index is 1300. The molecule has 3 N–H and O–H groups in total. The number of nitrogens with zero attached hydrogens (tertiary/aromatic N) is 2. The Morgan fingerprint density at radius 2 is 1.91 bits per heavy atom. The second-order valence-corrected chi connectivity index (χ2v) is 8.93. The Hall–Kier alpha value is -3.79. The number of carboxylic acids is 1. The third-order valence-corrected chi connectivity index (χ3v) is 5.76. The van der Waals surface area contributed by atoms with Crippen molar-refractivity contribution in [3.63, 3.8) is 0 Å². The summed E-state index contributed by atoms with van der Waals surface area (Å²) in [6, 6.07) is 12.2. The van der Waals surface area contributed by atoms with E-state index in [-0.39, 0.29) is 17.5 Å². The van der Waals surface area contributed by atoms with Gasteiger partial charge >= 0.3 is 5.97 Å². The molecule has 1 atom stereocenters. The molecule has 2 aromatic carbocycles. The number of amides is 1. The van der Waals surface area contributed by atoms with Gasteiger partial charge in [-0.1, -0.05) is 42.5 Å². The number of fused-ring (bicyclic) bond motifs is 1. The van der Waals surface area contributed by atoms with Gasteiger partial charge in [0.1, 0.15) is 17.6 Å². The highest BCUT2D eigenvalue weighted by molar-refractivity contribution is 7.22.